The summed E-state index contributed by atoms with van der Waals surface area (Å²) >= 11 is 29.5. The zero-order valence-electron chi connectivity index (χ0n) is 11.2. The van der Waals surface area contributed by atoms with Crippen LogP contribution in [0.25, 0.3) is 11.1 Å². The second-order valence-electron chi connectivity index (χ2n) is 4.96. The Morgan fingerprint density at radius 2 is 1.57 bits per heavy atom. The molecule has 120 valence electrons. The van der Waals surface area contributed by atoms with Gasteiger partial charge < -0.3 is 10.4 Å². The molecular weight excluding hydrogens is 403 g/mol. The summed E-state index contributed by atoms with van der Waals surface area (Å²) < 4.78 is 0. The molecule has 3 rings (SSSR count). The fraction of sp³-hybridized carbons (Fsp3) is 0.133. The van der Waals surface area contributed by atoms with E-state index in [-0.39, 0.29) is 0 Å². The summed E-state index contributed by atoms with van der Waals surface area (Å²) in [5.41, 5.74) is 2.59. The monoisotopic (exact) mass is 409 g/mol. The molecule has 0 aliphatic heterocycles. The Balaban J connectivity index is 2.24. The molecule has 2 aromatic rings. The Labute approximate surface area is 157 Å². The molecule has 2 aromatic carbocycles. The first-order valence-corrected chi connectivity index (χ1v) is 8.40. The number of carbonyl (C=O) groups excluding carboxylic acids is 1. The Morgan fingerprint density at radius 1 is 1.00 bits per heavy atom. The quantitative estimate of drug-likeness (QED) is 0.646. The van der Waals surface area contributed by atoms with Gasteiger partial charge in [0, 0.05) is 21.2 Å². The topological polar surface area (TPSA) is 49.3 Å². The minimum Gasteiger partial charge on any atom is -0.384 e. The SMILES string of the molecule is O=C(Nc1cc(Cl)cc2c1-c1c(Cl)cc(Cl)cc1C2O)C(Cl)Cl. The number of halogens is 5. The van der Waals surface area contributed by atoms with Crippen molar-refractivity contribution >= 4 is 69.6 Å². The average molecular weight is 411 g/mol. The first-order valence-electron chi connectivity index (χ1n) is 6.39. The molecule has 0 saturated carbocycles. The Bertz CT molecular complexity index is 822. The number of fused-ring (bicyclic) bond motifs is 3. The normalized spacial score (nSPS) is 15.5. The third kappa shape index (κ3) is 3.02. The number of carbonyl (C=O) groups is 1. The Hall–Kier alpha value is -0.680. The van der Waals surface area contributed by atoms with E-state index in [1.54, 1.807) is 24.3 Å². The molecule has 8 heteroatoms. The van der Waals surface area contributed by atoms with Crippen LogP contribution in [0.15, 0.2) is 24.3 Å². The minimum absolute atomic E-state index is 0.342. The second kappa shape index (κ2) is 6.32. The first kappa shape index (κ1) is 17.2. The number of nitrogens with one attached hydrogen (secondary N) is 1. The molecule has 3 nitrogen and oxygen atoms in total. The molecule has 0 fully saturated rings. The number of aliphatic hydroxyl groups is 1. The van der Waals surface area contributed by atoms with Crippen LogP contribution in [-0.4, -0.2) is 15.8 Å². The van der Waals surface area contributed by atoms with Gasteiger partial charge in [0.1, 0.15) is 6.10 Å². The highest BCUT2D eigenvalue weighted by Crippen LogP contribution is 2.51. The van der Waals surface area contributed by atoms with E-state index in [9.17, 15) is 9.90 Å². The van der Waals surface area contributed by atoms with Crippen LogP contribution in [0.5, 0.6) is 0 Å². The van der Waals surface area contributed by atoms with Gasteiger partial charge in [0.2, 0.25) is 0 Å². The van der Waals surface area contributed by atoms with Gasteiger partial charge in [-0.3, -0.25) is 4.79 Å². The largest absolute Gasteiger partial charge is 0.384 e. The minimum atomic E-state index is -1.24. The van der Waals surface area contributed by atoms with E-state index in [1.165, 1.54) is 0 Å². The molecule has 0 saturated heterocycles. The maximum atomic E-state index is 11.8. The van der Waals surface area contributed by atoms with Crippen LogP contribution in [0.2, 0.25) is 15.1 Å². The van der Waals surface area contributed by atoms with Crippen LogP contribution in [0.4, 0.5) is 5.69 Å². The van der Waals surface area contributed by atoms with E-state index < -0.39 is 16.8 Å². The molecule has 1 aliphatic carbocycles. The fourth-order valence-electron chi connectivity index (χ4n) is 2.65. The van der Waals surface area contributed by atoms with Crippen molar-refractivity contribution in [3.05, 3.63) is 50.5 Å². The molecule has 1 unspecified atom stereocenters. The van der Waals surface area contributed by atoms with Crippen molar-refractivity contribution in [2.45, 2.75) is 10.9 Å². The van der Waals surface area contributed by atoms with Crippen molar-refractivity contribution in [2.75, 3.05) is 5.32 Å². The van der Waals surface area contributed by atoms with E-state index in [4.69, 9.17) is 58.0 Å². The average Bonchev–Trinajstić information content (AvgIpc) is 2.72. The number of anilines is 1. The second-order valence-corrected chi connectivity index (χ2v) is 7.34. The van der Waals surface area contributed by atoms with Gasteiger partial charge in [0.25, 0.3) is 5.91 Å². The maximum absolute atomic E-state index is 11.8. The lowest BCUT2D eigenvalue weighted by Gasteiger charge is -2.13. The molecule has 0 bridgehead atoms. The van der Waals surface area contributed by atoms with Gasteiger partial charge in [-0.15, -0.1) is 0 Å². The highest BCUT2D eigenvalue weighted by Gasteiger charge is 2.33. The predicted molar refractivity (Wildman–Crippen MR) is 95.1 cm³/mol. The molecule has 0 heterocycles. The number of alkyl halides is 2. The third-order valence-corrected chi connectivity index (χ3v) is 4.65. The summed E-state index contributed by atoms with van der Waals surface area (Å²) in [6, 6.07) is 6.34. The molecule has 0 spiro atoms. The van der Waals surface area contributed by atoms with Gasteiger partial charge in [-0.25, -0.2) is 0 Å². The summed E-state index contributed by atoms with van der Waals surface area (Å²) in [5.74, 6) is -0.606. The van der Waals surface area contributed by atoms with Gasteiger partial charge in [0.05, 0.1) is 10.7 Å². The van der Waals surface area contributed by atoms with Crippen molar-refractivity contribution in [3.63, 3.8) is 0 Å². The highest BCUT2D eigenvalue weighted by molar-refractivity contribution is 6.54. The highest BCUT2D eigenvalue weighted by atomic mass is 35.5. The van der Waals surface area contributed by atoms with Gasteiger partial charge in [-0.05, 0) is 35.4 Å². The van der Waals surface area contributed by atoms with Crippen molar-refractivity contribution in [2.24, 2.45) is 0 Å². The molecule has 0 aromatic heterocycles. The van der Waals surface area contributed by atoms with Gasteiger partial charge in [-0.2, -0.15) is 0 Å². The van der Waals surface area contributed by atoms with Gasteiger partial charge >= 0.3 is 0 Å². The third-order valence-electron chi connectivity index (χ3n) is 3.51. The fourth-order valence-corrected chi connectivity index (χ4v) is 3.59. The van der Waals surface area contributed by atoms with Crippen LogP contribution >= 0.6 is 58.0 Å². The van der Waals surface area contributed by atoms with Crippen molar-refractivity contribution in [1.29, 1.82) is 0 Å². The lowest BCUT2D eigenvalue weighted by atomic mass is 10.0. The van der Waals surface area contributed by atoms with Crippen LogP contribution in [0, 0.1) is 0 Å². The van der Waals surface area contributed by atoms with Gasteiger partial charge in [0.15, 0.2) is 4.84 Å². The van der Waals surface area contributed by atoms with Crippen LogP contribution in [0.1, 0.15) is 17.2 Å². The summed E-state index contributed by atoms with van der Waals surface area (Å²) in [6.45, 7) is 0. The first-order chi connectivity index (χ1) is 10.8. The van der Waals surface area contributed by atoms with E-state index in [0.29, 0.717) is 43.0 Å². The van der Waals surface area contributed by atoms with Crippen LogP contribution < -0.4 is 5.32 Å². The number of amides is 1. The molecule has 2 N–H and O–H groups in total. The maximum Gasteiger partial charge on any atom is 0.257 e. The number of benzene rings is 2. The molecule has 23 heavy (non-hydrogen) atoms. The molecule has 1 amide bonds. The number of rotatable bonds is 2. The van der Waals surface area contributed by atoms with Gasteiger partial charge in [-0.1, -0.05) is 58.0 Å². The zero-order chi connectivity index (χ0) is 16.9. The van der Waals surface area contributed by atoms with Crippen molar-refractivity contribution in [3.8, 4) is 11.1 Å². The molecule has 1 atom stereocenters. The lowest BCUT2D eigenvalue weighted by Crippen LogP contribution is -2.19. The van der Waals surface area contributed by atoms with Crippen LogP contribution in [0.3, 0.4) is 0 Å². The number of aliphatic hydroxyl groups excluding tert-OH is 1. The van der Waals surface area contributed by atoms with E-state index in [1.807, 2.05) is 0 Å². The zero-order valence-corrected chi connectivity index (χ0v) is 15.0. The summed E-state index contributed by atoms with van der Waals surface area (Å²) in [5, 5.41) is 14.2. The van der Waals surface area contributed by atoms with Crippen molar-refractivity contribution < 1.29 is 9.90 Å². The van der Waals surface area contributed by atoms with Crippen LogP contribution in [-0.2, 0) is 4.79 Å². The van der Waals surface area contributed by atoms with E-state index in [2.05, 4.69) is 5.32 Å². The van der Waals surface area contributed by atoms with E-state index in [0.717, 1.165) is 0 Å². The summed E-state index contributed by atoms with van der Waals surface area (Å²) in [4.78, 5) is 10.6. The van der Waals surface area contributed by atoms with Crippen molar-refractivity contribution in [1.82, 2.24) is 0 Å². The Kier molecular flexibility index (Phi) is 4.71. The molecule has 0 radical (unpaired) electrons. The molecule has 1 aliphatic rings. The number of hydrogen-bond acceptors (Lipinski definition) is 2. The number of hydrogen-bond donors (Lipinski definition) is 2. The molecular formula is C15H8Cl5NO2. The van der Waals surface area contributed by atoms with E-state index >= 15 is 0 Å². The smallest absolute Gasteiger partial charge is 0.257 e. The lowest BCUT2D eigenvalue weighted by molar-refractivity contribution is -0.114. The summed E-state index contributed by atoms with van der Waals surface area (Å²) in [7, 11) is 0. The summed E-state index contributed by atoms with van der Waals surface area (Å²) in [6.07, 6.45) is -0.951. The Morgan fingerprint density at radius 3 is 2.17 bits per heavy atom. The standard InChI is InChI=1S/C15H8Cl5NO2/c16-5-1-7-11(9(18)3-5)12-8(13(7)22)2-6(17)4-10(12)21-15(23)14(19)20/h1-4,13-14,22H,(H,21,23). The predicted octanol–water partition coefficient (Wildman–Crippen LogP) is 5.45.